The van der Waals surface area contributed by atoms with E-state index in [4.69, 9.17) is 18.9 Å². The summed E-state index contributed by atoms with van der Waals surface area (Å²) in [5, 5.41) is 9.70. The number of esters is 3. The molecular weight excluding hydrogens is 332 g/mol. The summed E-state index contributed by atoms with van der Waals surface area (Å²) in [5.74, 6) is -5.41. The Morgan fingerprint density at radius 1 is 0.760 bits per heavy atom. The Kier molecular flexibility index (Phi) is 4.73. The summed E-state index contributed by atoms with van der Waals surface area (Å²) in [4.78, 5) is 35.2. The molecule has 0 bridgehead atoms. The van der Waals surface area contributed by atoms with Crippen LogP contribution in [0, 0.1) is 0 Å². The molecule has 0 saturated carbocycles. The van der Waals surface area contributed by atoms with Crippen LogP contribution in [0.1, 0.15) is 27.7 Å². The fourth-order valence-electron chi connectivity index (χ4n) is 1.98. The van der Waals surface area contributed by atoms with Gasteiger partial charge in [-0.05, 0) is 12.2 Å². The van der Waals surface area contributed by atoms with Gasteiger partial charge in [0.15, 0.2) is 0 Å². The molecule has 8 heteroatoms. The van der Waals surface area contributed by atoms with E-state index < -0.39 is 35.4 Å². The molecule has 8 nitrogen and oxygen atoms in total. The Labute approximate surface area is 144 Å². The van der Waals surface area contributed by atoms with Gasteiger partial charge in [0.1, 0.15) is 11.1 Å². The second kappa shape index (κ2) is 6.46. The maximum Gasteiger partial charge on any atom is 0.348 e. The van der Waals surface area contributed by atoms with Gasteiger partial charge in [0.05, 0.1) is 0 Å². The quantitative estimate of drug-likeness (QED) is 0.356. The molecule has 0 atom stereocenters. The first-order valence-corrected chi connectivity index (χ1v) is 7.38. The van der Waals surface area contributed by atoms with Crippen LogP contribution in [-0.4, -0.2) is 34.6 Å². The summed E-state index contributed by atoms with van der Waals surface area (Å²) >= 11 is 0. The van der Waals surface area contributed by atoms with E-state index in [0.29, 0.717) is 0 Å². The third kappa shape index (κ3) is 4.50. The van der Waals surface area contributed by atoms with Crippen molar-refractivity contribution < 1.29 is 38.4 Å². The molecule has 1 saturated heterocycles. The molecule has 2 rings (SSSR count). The third-order valence-corrected chi connectivity index (χ3v) is 3.00. The normalized spacial score (nSPS) is 22.6. The summed E-state index contributed by atoms with van der Waals surface area (Å²) in [5.41, 5.74) is -0.414. The van der Waals surface area contributed by atoms with E-state index in [-0.39, 0.29) is 11.1 Å². The third-order valence-electron chi connectivity index (χ3n) is 3.00. The number of aliphatic hydroxyl groups excluding tert-OH is 1. The zero-order valence-electron chi connectivity index (χ0n) is 14.2. The molecule has 134 valence electrons. The summed E-state index contributed by atoms with van der Waals surface area (Å²) in [6.45, 7) is 5.87. The fourth-order valence-corrected chi connectivity index (χ4v) is 1.98. The zero-order chi connectivity index (χ0) is 18.8. The Bertz CT molecular complexity index is 712. The fraction of sp³-hybridized carbons (Fsp3) is 0.353. The van der Waals surface area contributed by atoms with Crippen LogP contribution in [0.15, 0.2) is 47.5 Å². The summed E-state index contributed by atoms with van der Waals surface area (Å²) in [6, 6.07) is 0. The molecule has 0 amide bonds. The molecule has 1 N–H and O–H groups in total. The highest BCUT2D eigenvalue weighted by atomic mass is 16.8. The highest BCUT2D eigenvalue weighted by molar-refractivity contribution is 6.15. The molecule has 2 aliphatic heterocycles. The molecule has 0 unspecified atom stereocenters. The maximum absolute atomic E-state index is 11.7. The minimum atomic E-state index is -1.30. The van der Waals surface area contributed by atoms with Crippen molar-refractivity contribution in [2.24, 2.45) is 0 Å². The Balaban J connectivity index is 2.06. The first-order valence-electron chi connectivity index (χ1n) is 7.38. The lowest BCUT2D eigenvalue weighted by Gasteiger charge is -2.29. The second-order valence-electron chi connectivity index (χ2n) is 6.11. The highest BCUT2D eigenvalue weighted by Crippen LogP contribution is 2.25. The second-order valence-corrected chi connectivity index (χ2v) is 6.11. The molecule has 0 aromatic carbocycles. The maximum atomic E-state index is 11.7. The van der Waals surface area contributed by atoms with Crippen LogP contribution in [0.4, 0.5) is 0 Å². The van der Waals surface area contributed by atoms with Crippen molar-refractivity contribution in [3.8, 4) is 0 Å². The first-order chi connectivity index (χ1) is 11.5. The van der Waals surface area contributed by atoms with Gasteiger partial charge in [0.2, 0.25) is 0 Å². The van der Waals surface area contributed by atoms with E-state index in [1.165, 1.54) is 58.1 Å². The zero-order valence-corrected chi connectivity index (χ0v) is 14.2. The number of hydrogen-bond donors (Lipinski definition) is 1. The number of carbonyl (C=O) groups is 3. The molecule has 25 heavy (non-hydrogen) atoms. The average molecular weight is 350 g/mol. The number of aliphatic hydroxyl groups is 1. The van der Waals surface area contributed by atoms with Crippen molar-refractivity contribution in [2.45, 2.75) is 39.3 Å². The molecule has 0 radical (unpaired) electrons. The number of hydrogen-bond acceptors (Lipinski definition) is 8. The van der Waals surface area contributed by atoms with Gasteiger partial charge in [-0.3, -0.25) is 0 Å². The Morgan fingerprint density at radius 3 is 1.84 bits per heavy atom. The van der Waals surface area contributed by atoms with Gasteiger partial charge in [0, 0.05) is 27.7 Å². The number of cyclic esters (lactones) is 3. The molecule has 2 heterocycles. The van der Waals surface area contributed by atoms with Crippen LogP contribution >= 0.6 is 0 Å². The Morgan fingerprint density at radius 2 is 1.28 bits per heavy atom. The summed E-state index contributed by atoms with van der Waals surface area (Å²) < 4.78 is 19.9. The van der Waals surface area contributed by atoms with E-state index in [2.05, 4.69) is 0 Å². The van der Waals surface area contributed by atoms with Crippen molar-refractivity contribution in [1.29, 1.82) is 0 Å². The molecule has 0 aromatic heterocycles. The van der Waals surface area contributed by atoms with Gasteiger partial charge >= 0.3 is 17.9 Å². The van der Waals surface area contributed by atoms with Gasteiger partial charge < -0.3 is 24.1 Å². The number of allylic oxidation sites excluding steroid dienone is 4. The van der Waals surface area contributed by atoms with E-state index in [1.54, 1.807) is 0 Å². The van der Waals surface area contributed by atoms with Crippen LogP contribution in [0.3, 0.4) is 0 Å². The standard InChI is InChI=1S/C17H18O8/c1-16(2)22-12(18)10(13(19)23-16)8-6-5-7-9-11-14(20)24-17(3,4)25-15(11)21/h5-9,18H,1-4H3/b7-5+,8-6+. The molecule has 0 aliphatic carbocycles. The predicted octanol–water partition coefficient (Wildman–Crippen LogP) is 1.94. The van der Waals surface area contributed by atoms with Gasteiger partial charge in [-0.25, -0.2) is 14.4 Å². The molecular formula is C17H18O8. The monoisotopic (exact) mass is 350 g/mol. The molecule has 2 aliphatic rings. The van der Waals surface area contributed by atoms with Gasteiger partial charge in [-0.2, -0.15) is 0 Å². The van der Waals surface area contributed by atoms with E-state index in [0.717, 1.165) is 0 Å². The van der Waals surface area contributed by atoms with Crippen molar-refractivity contribution in [1.82, 2.24) is 0 Å². The van der Waals surface area contributed by atoms with E-state index in [1.807, 2.05) is 0 Å². The van der Waals surface area contributed by atoms with Crippen LogP contribution in [0.2, 0.25) is 0 Å². The SMILES string of the molecule is CC1(C)OC(=O)C(=C/C=C/C=C/C2=C(O)OC(C)(C)OC2=O)C(=O)O1. The van der Waals surface area contributed by atoms with Crippen LogP contribution in [0.25, 0.3) is 0 Å². The Hall–Kier alpha value is -3.03. The lowest BCUT2D eigenvalue weighted by atomic mass is 10.2. The average Bonchev–Trinajstić information content (AvgIpc) is 2.40. The van der Waals surface area contributed by atoms with Crippen LogP contribution in [0.5, 0.6) is 0 Å². The highest BCUT2D eigenvalue weighted by Gasteiger charge is 2.38. The summed E-state index contributed by atoms with van der Waals surface area (Å²) in [7, 11) is 0. The minimum Gasteiger partial charge on any atom is -0.480 e. The lowest BCUT2D eigenvalue weighted by molar-refractivity contribution is -0.223. The van der Waals surface area contributed by atoms with Crippen LogP contribution in [-0.2, 0) is 33.3 Å². The van der Waals surface area contributed by atoms with E-state index >= 15 is 0 Å². The topological polar surface area (TPSA) is 108 Å². The predicted molar refractivity (Wildman–Crippen MR) is 83.5 cm³/mol. The number of ether oxygens (including phenoxy) is 4. The van der Waals surface area contributed by atoms with Gasteiger partial charge in [-0.1, -0.05) is 18.2 Å². The molecule has 0 aromatic rings. The summed E-state index contributed by atoms with van der Waals surface area (Å²) in [6.07, 6.45) is 6.69. The van der Waals surface area contributed by atoms with Crippen molar-refractivity contribution in [3.05, 3.63) is 47.5 Å². The minimum absolute atomic E-state index is 0.158. The van der Waals surface area contributed by atoms with Crippen molar-refractivity contribution >= 4 is 17.9 Å². The largest absolute Gasteiger partial charge is 0.480 e. The number of carbonyl (C=O) groups excluding carboxylic acids is 3. The molecule has 0 spiro atoms. The van der Waals surface area contributed by atoms with Crippen molar-refractivity contribution in [2.75, 3.05) is 0 Å². The van der Waals surface area contributed by atoms with E-state index in [9.17, 15) is 19.5 Å². The lowest BCUT2D eigenvalue weighted by Crippen LogP contribution is -2.41. The van der Waals surface area contributed by atoms with Crippen LogP contribution < -0.4 is 0 Å². The van der Waals surface area contributed by atoms with Gasteiger partial charge in [0.25, 0.3) is 17.5 Å². The smallest absolute Gasteiger partial charge is 0.348 e. The van der Waals surface area contributed by atoms with Gasteiger partial charge in [-0.15, -0.1) is 0 Å². The van der Waals surface area contributed by atoms with Crippen molar-refractivity contribution in [3.63, 3.8) is 0 Å². The molecule has 1 fully saturated rings. The number of rotatable bonds is 3. The first kappa shape index (κ1) is 18.3.